The number of aryl methyl sites for hydroxylation is 1. The van der Waals surface area contributed by atoms with Gasteiger partial charge in [0, 0.05) is 11.9 Å². The summed E-state index contributed by atoms with van der Waals surface area (Å²) in [5.74, 6) is 2.76. The number of fused-ring (bicyclic) bond motifs is 2. The summed E-state index contributed by atoms with van der Waals surface area (Å²) in [5, 5.41) is 2.30. The number of rotatable bonds is 9. The van der Waals surface area contributed by atoms with Crippen molar-refractivity contribution in [3.8, 4) is 11.5 Å². The van der Waals surface area contributed by atoms with Crippen molar-refractivity contribution in [3.63, 3.8) is 0 Å². The van der Waals surface area contributed by atoms with Gasteiger partial charge in [-0.2, -0.15) is 0 Å². The first-order chi connectivity index (χ1) is 17.5. The molecule has 0 fully saturated rings. The van der Waals surface area contributed by atoms with Crippen LogP contribution in [0.15, 0.2) is 91.0 Å². The molecule has 0 amide bonds. The van der Waals surface area contributed by atoms with E-state index in [1.807, 2.05) is 24.3 Å². The molecule has 4 aromatic carbocycles. The highest BCUT2D eigenvalue weighted by atomic mass is 16.5. The third-order valence-corrected chi connectivity index (χ3v) is 6.61. The largest absolute Gasteiger partial charge is 0.494 e. The van der Waals surface area contributed by atoms with Crippen molar-refractivity contribution in [1.29, 1.82) is 0 Å². The number of para-hydroxylation sites is 2. The van der Waals surface area contributed by atoms with E-state index in [4.69, 9.17) is 14.5 Å². The number of benzene rings is 4. The molecular weight excluding hydrogens is 444 g/mol. The zero-order chi connectivity index (χ0) is 25.0. The van der Waals surface area contributed by atoms with E-state index in [9.17, 15) is 0 Å². The Labute approximate surface area is 213 Å². The third-order valence-electron chi connectivity index (χ3n) is 6.61. The summed E-state index contributed by atoms with van der Waals surface area (Å²) < 4.78 is 14.6. The Hall–Kier alpha value is -3.79. The van der Waals surface area contributed by atoms with Gasteiger partial charge in [0.25, 0.3) is 0 Å². The minimum Gasteiger partial charge on any atom is -0.494 e. The number of hydrogen-bond donors (Lipinski definition) is 0. The summed E-state index contributed by atoms with van der Waals surface area (Å²) in [7, 11) is 0. The molecule has 0 aliphatic rings. The van der Waals surface area contributed by atoms with Gasteiger partial charge in [0.1, 0.15) is 23.9 Å². The van der Waals surface area contributed by atoms with Crippen molar-refractivity contribution in [2.45, 2.75) is 52.2 Å². The number of nitrogens with zero attached hydrogens (tertiary/aromatic N) is 2. The second kappa shape index (κ2) is 10.4. The Morgan fingerprint density at radius 2 is 1.50 bits per heavy atom. The Kier molecular flexibility index (Phi) is 6.95. The zero-order valence-electron chi connectivity index (χ0n) is 21.4. The lowest BCUT2D eigenvalue weighted by molar-refractivity contribution is 0.287. The van der Waals surface area contributed by atoms with Crippen molar-refractivity contribution in [2.24, 2.45) is 0 Å². The minimum atomic E-state index is 0.154. The standard InChI is InChI=1S/C32H34N2O2/c1-32(2,3)25-17-19-26(20-18-25)35-22-9-8-21-34-29-15-7-6-14-28(29)33-31(34)23-36-30-16-10-12-24-11-4-5-13-27(24)30/h4-7,10-20H,8-9,21-23H2,1-3H3. The van der Waals surface area contributed by atoms with Crippen LogP contribution in [-0.4, -0.2) is 16.2 Å². The fourth-order valence-corrected chi connectivity index (χ4v) is 4.56. The maximum absolute atomic E-state index is 6.29. The molecule has 0 bridgehead atoms. The van der Waals surface area contributed by atoms with E-state index < -0.39 is 0 Å². The number of imidazole rings is 1. The van der Waals surface area contributed by atoms with Gasteiger partial charge in [-0.25, -0.2) is 4.98 Å². The SMILES string of the molecule is CC(C)(C)c1ccc(OCCCCn2c(COc3cccc4ccccc34)nc3ccccc32)cc1. The van der Waals surface area contributed by atoms with Crippen LogP contribution in [0.3, 0.4) is 0 Å². The maximum atomic E-state index is 6.29. The molecule has 184 valence electrons. The first-order valence-corrected chi connectivity index (χ1v) is 12.8. The lowest BCUT2D eigenvalue weighted by Crippen LogP contribution is -2.10. The molecule has 0 unspecified atom stereocenters. The van der Waals surface area contributed by atoms with Crippen molar-refractivity contribution >= 4 is 21.8 Å². The third kappa shape index (κ3) is 5.38. The van der Waals surface area contributed by atoms with E-state index in [0.29, 0.717) is 13.2 Å². The van der Waals surface area contributed by atoms with E-state index in [2.05, 4.69) is 92.1 Å². The predicted octanol–water partition coefficient (Wildman–Crippen LogP) is 7.93. The number of ether oxygens (including phenoxy) is 2. The molecule has 1 heterocycles. The first-order valence-electron chi connectivity index (χ1n) is 12.8. The van der Waals surface area contributed by atoms with Gasteiger partial charge in [0.2, 0.25) is 0 Å². The lowest BCUT2D eigenvalue weighted by atomic mass is 9.87. The highest BCUT2D eigenvalue weighted by Gasteiger charge is 2.14. The van der Waals surface area contributed by atoms with Crippen molar-refractivity contribution < 1.29 is 9.47 Å². The quantitative estimate of drug-likeness (QED) is 0.202. The molecule has 4 heteroatoms. The van der Waals surface area contributed by atoms with E-state index in [0.717, 1.165) is 53.1 Å². The fourth-order valence-electron chi connectivity index (χ4n) is 4.56. The molecule has 0 atom stereocenters. The van der Waals surface area contributed by atoms with Crippen molar-refractivity contribution in [1.82, 2.24) is 9.55 Å². The molecule has 0 aliphatic carbocycles. The second-order valence-corrected chi connectivity index (χ2v) is 10.3. The van der Waals surface area contributed by atoms with E-state index in [1.165, 1.54) is 10.9 Å². The number of hydrogen-bond acceptors (Lipinski definition) is 3. The minimum absolute atomic E-state index is 0.154. The summed E-state index contributed by atoms with van der Waals surface area (Å²) in [5.41, 5.74) is 3.62. The van der Waals surface area contributed by atoms with Crippen LogP contribution in [-0.2, 0) is 18.6 Å². The van der Waals surface area contributed by atoms with Crippen LogP contribution in [0.5, 0.6) is 11.5 Å². The smallest absolute Gasteiger partial charge is 0.147 e. The average Bonchev–Trinajstić information content (AvgIpc) is 3.24. The number of aromatic nitrogens is 2. The molecule has 0 N–H and O–H groups in total. The molecule has 36 heavy (non-hydrogen) atoms. The Morgan fingerprint density at radius 3 is 2.33 bits per heavy atom. The molecule has 0 spiro atoms. The maximum Gasteiger partial charge on any atom is 0.147 e. The van der Waals surface area contributed by atoms with Crippen molar-refractivity contribution in [2.75, 3.05) is 6.61 Å². The van der Waals surface area contributed by atoms with Crippen LogP contribution >= 0.6 is 0 Å². The van der Waals surface area contributed by atoms with E-state index >= 15 is 0 Å². The van der Waals surface area contributed by atoms with Crippen LogP contribution in [0.4, 0.5) is 0 Å². The first kappa shape index (κ1) is 23.9. The molecule has 0 radical (unpaired) electrons. The summed E-state index contributed by atoms with van der Waals surface area (Å²) in [4.78, 5) is 4.89. The fraction of sp³-hybridized carbons (Fsp3) is 0.281. The topological polar surface area (TPSA) is 36.3 Å². The van der Waals surface area contributed by atoms with Crippen LogP contribution in [0.2, 0.25) is 0 Å². The van der Waals surface area contributed by atoms with Crippen molar-refractivity contribution in [3.05, 3.63) is 102 Å². The molecule has 0 aliphatic heterocycles. The van der Waals surface area contributed by atoms with Crippen LogP contribution in [0, 0.1) is 0 Å². The van der Waals surface area contributed by atoms with Gasteiger partial charge in [-0.15, -0.1) is 0 Å². The van der Waals surface area contributed by atoms with Gasteiger partial charge in [0.05, 0.1) is 17.6 Å². The van der Waals surface area contributed by atoms with Gasteiger partial charge < -0.3 is 14.0 Å². The normalized spacial score (nSPS) is 11.8. The van der Waals surface area contributed by atoms with Crippen LogP contribution in [0.1, 0.15) is 45.0 Å². The summed E-state index contributed by atoms with van der Waals surface area (Å²) in [6.45, 7) is 8.68. The molecular formula is C32H34N2O2. The van der Waals surface area contributed by atoms with E-state index in [1.54, 1.807) is 0 Å². The predicted molar refractivity (Wildman–Crippen MR) is 148 cm³/mol. The van der Waals surface area contributed by atoms with Crippen LogP contribution < -0.4 is 9.47 Å². The van der Waals surface area contributed by atoms with E-state index in [-0.39, 0.29) is 5.41 Å². The van der Waals surface area contributed by atoms with Gasteiger partial charge in [-0.05, 0) is 59.5 Å². The molecule has 5 rings (SSSR count). The Bertz CT molecular complexity index is 1440. The highest BCUT2D eigenvalue weighted by Crippen LogP contribution is 2.27. The molecule has 1 aromatic heterocycles. The molecule has 0 saturated heterocycles. The monoisotopic (exact) mass is 478 g/mol. The average molecular weight is 479 g/mol. The summed E-state index contributed by atoms with van der Waals surface area (Å²) in [6, 6.07) is 31.3. The van der Waals surface area contributed by atoms with Gasteiger partial charge >= 0.3 is 0 Å². The zero-order valence-corrected chi connectivity index (χ0v) is 21.4. The van der Waals surface area contributed by atoms with Gasteiger partial charge in [0.15, 0.2) is 0 Å². The van der Waals surface area contributed by atoms with Crippen LogP contribution in [0.25, 0.3) is 21.8 Å². The number of unbranched alkanes of at least 4 members (excludes halogenated alkanes) is 1. The lowest BCUT2D eigenvalue weighted by Gasteiger charge is -2.19. The second-order valence-electron chi connectivity index (χ2n) is 10.3. The summed E-state index contributed by atoms with van der Waals surface area (Å²) >= 11 is 0. The highest BCUT2D eigenvalue weighted by molar-refractivity contribution is 5.88. The Morgan fingerprint density at radius 1 is 0.750 bits per heavy atom. The summed E-state index contributed by atoms with van der Waals surface area (Å²) in [6.07, 6.45) is 1.97. The molecule has 5 aromatic rings. The van der Waals surface area contributed by atoms with Gasteiger partial charge in [-0.3, -0.25) is 0 Å². The molecule has 4 nitrogen and oxygen atoms in total. The molecule has 0 saturated carbocycles. The van der Waals surface area contributed by atoms with Gasteiger partial charge in [-0.1, -0.05) is 81.4 Å². The Balaban J connectivity index is 1.22.